The minimum atomic E-state index is 0.336. The maximum Gasteiger partial charge on any atom is 0.238 e. The summed E-state index contributed by atoms with van der Waals surface area (Å²) in [5, 5.41) is 0.428. The van der Waals surface area contributed by atoms with Crippen molar-refractivity contribution in [3.8, 4) is 11.6 Å². The first kappa shape index (κ1) is 11.2. The standard InChI is InChI=1S/C11H8BrClN2O/c12-7-5-8(13)11(15-6-7)16-10-4-2-1-3-9(10)14/h1-6H,14H2. The highest BCUT2D eigenvalue weighted by Gasteiger charge is 2.07. The van der Waals surface area contributed by atoms with E-state index in [2.05, 4.69) is 20.9 Å². The molecule has 1 heterocycles. The van der Waals surface area contributed by atoms with Gasteiger partial charge in [-0.15, -0.1) is 0 Å². The van der Waals surface area contributed by atoms with Gasteiger partial charge in [-0.05, 0) is 34.1 Å². The number of nitrogens with two attached hydrogens (primary N) is 1. The van der Waals surface area contributed by atoms with E-state index in [0.717, 1.165) is 4.47 Å². The zero-order valence-electron chi connectivity index (χ0n) is 8.15. The zero-order valence-corrected chi connectivity index (χ0v) is 10.5. The molecule has 2 N–H and O–H groups in total. The van der Waals surface area contributed by atoms with E-state index >= 15 is 0 Å². The Balaban J connectivity index is 2.31. The molecule has 0 bridgehead atoms. The van der Waals surface area contributed by atoms with Gasteiger partial charge in [0.2, 0.25) is 5.88 Å². The van der Waals surface area contributed by atoms with Gasteiger partial charge in [-0.3, -0.25) is 0 Å². The second-order valence-electron chi connectivity index (χ2n) is 3.08. The smallest absolute Gasteiger partial charge is 0.238 e. The Morgan fingerprint density at radius 2 is 2.06 bits per heavy atom. The van der Waals surface area contributed by atoms with E-state index in [1.54, 1.807) is 24.4 Å². The van der Waals surface area contributed by atoms with Gasteiger partial charge in [-0.1, -0.05) is 23.7 Å². The van der Waals surface area contributed by atoms with E-state index in [1.165, 1.54) is 0 Å². The molecular formula is C11H8BrClN2O. The van der Waals surface area contributed by atoms with E-state index in [0.29, 0.717) is 22.3 Å². The number of benzene rings is 1. The summed E-state index contributed by atoms with van der Waals surface area (Å²) < 4.78 is 6.30. The molecule has 5 heteroatoms. The molecule has 0 unspecified atom stereocenters. The molecule has 2 aromatic rings. The van der Waals surface area contributed by atoms with Crippen molar-refractivity contribution in [3.63, 3.8) is 0 Å². The molecule has 0 atom stereocenters. The fraction of sp³-hybridized carbons (Fsp3) is 0. The number of nitrogen functional groups attached to an aromatic ring is 1. The summed E-state index contributed by atoms with van der Waals surface area (Å²) in [7, 11) is 0. The van der Waals surface area contributed by atoms with Crippen LogP contribution in [0, 0.1) is 0 Å². The maximum atomic E-state index is 5.97. The number of anilines is 1. The van der Waals surface area contributed by atoms with Crippen molar-refractivity contribution in [2.75, 3.05) is 5.73 Å². The van der Waals surface area contributed by atoms with E-state index in [9.17, 15) is 0 Å². The molecule has 3 nitrogen and oxygen atoms in total. The third kappa shape index (κ3) is 2.46. The highest BCUT2D eigenvalue weighted by molar-refractivity contribution is 9.10. The SMILES string of the molecule is Nc1ccccc1Oc1ncc(Br)cc1Cl. The number of aromatic nitrogens is 1. The number of pyridine rings is 1. The van der Waals surface area contributed by atoms with Crippen LogP contribution in [0.4, 0.5) is 5.69 Å². The van der Waals surface area contributed by atoms with Crippen LogP contribution in [-0.4, -0.2) is 4.98 Å². The molecule has 0 aliphatic rings. The molecule has 0 spiro atoms. The first-order valence-electron chi connectivity index (χ1n) is 4.50. The normalized spacial score (nSPS) is 10.1. The van der Waals surface area contributed by atoms with Gasteiger partial charge < -0.3 is 10.5 Å². The largest absolute Gasteiger partial charge is 0.435 e. The average molecular weight is 300 g/mol. The first-order chi connectivity index (χ1) is 7.66. The quantitative estimate of drug-likeness (QED) is 0.856. The number of hydrogen-bond acceptors (Lipinski definition) is 3. The Morgan fingerprint density at radius 1 is 1.31 bits per heavy atom. The van der Waals surface area contributed by atoms with Crippen LogP contribution in [0.2, 0.25) is 5.02 Å². The summed E-state index contributed by atoms with van der Waals surface area (Å²) in [5.41, 5.74) is 6.29. The summed E-state index contributed by atoms with van der Waals surface area (Å²) in [6.07, 6.45) is 1.61. The summed E-state index contributed by atoms with van der Waals surface area (Å²) in [5.74, 6) is 0.877. The molecule has 0 fully saturated rings. The molecular weight excluding hydrogens is 291 g/mol. The van der Waals surface area contributed by atoms with Crippen LogP contribution in [-0.2, 0) is 0 Å². The number of halogens is 2. The average Bonchev–Trinajstić information content (AvgIpc) is 2.25. The lowest BCUT2D eigenvalue weighted by molar-refractivity contribution is 0.465. The second kappa shape index (κ2) is 4.72. The van der Waals surface area contributed by atoms with Crippen molar-refractivity contribution in [2.24, 2.45) is 0 Å². The van der Waals surface area contributed by atoms with Crippen molar-refractivity contribution in [2.45, 2.75) is 0 Å². The van der Waals surface area contributed by atoms with Crippen LogP contribution in [0.3, 0.4) is 0 Å². The molecule has 16 heavy (non-hydrogen) atoms. The highest BCUT2D eigenvalue weighted by Crippen LogP contribution is 2.31. The molecule has 0 aliphatic carbocycles. The van der Waals surface area contributed by atoms with Crippen molar-refractivity contribution in [1.82, 2.24) is 4.98 Å². The predicted octanol–water partition coefficient (Wildman–Crippen LogP) is 3.87. The Kier molecular flexibility index (Phi) is 3.31. The fourth-order valence-corrected chi connectivity index (χ4v) is 1.82. The second-order valence-corrected chi connectivity index (χ2v) is 4.40. The molecule has 0 radical (unpaired) electrons. The third-order valence-corrected chi connectivity index (χ3v) is 2.60. The topological polar surface area (TPSA) is 48.1 Å². The summed E-state index contributed by atoms with van der Waals surface area (Å²) in [6.45, 7) is 0. The minimum Gasteiger partial charge on any atom is -0.435 e. The van der Waals surface area contributed by atoms with E-state index in [-0.39, 0.29) is 0 Å². The lowest BCUT2D eigenvalue weighted by Gasteiger charge is -2.08. The van der Waals surface area contributed by atoms with Gasteiger partial charge >= 0.3 is 0 Å². The van der Waals surface area contributed by atoms with E-state index in [1.807, 2.05) is 12.1 Å². The Hall–Kier alpha value is -1.26. The van der Waals surface area contributed by atoms with Crippen LogP contribution in [0.25, 0.3) is 0 Å². The van der Waals surface area contributed by atoms with Crippen molar-refractivity contribution in [1.29, 1.82) is 0 Å². The Morgan fingerprint density at radius 3 is 2.75 bits per heavy atom. The Bertz CT molecular complexity index is 519. The Labute approximate surface area is 106 Å². The monoisotopic (exact) mass is 298 g/mol. The van der Waals surface area contributed by atoms with Gasteiger partial charge in [0.15, 0.2) is 5.75 Å². The summed E-state index contributed by atoms with van der Waals surface area (Å²) in [6, 6.07) is 8.89. The van der Waals surface area contributed by atoms with Crippen LogP contribution in [0.5, 0.6) is 11.6 Å². The number of hydrogen-bond donors (Lipinski definition) is 1. The fourth-order valence-electron chi connectivity index (χ4n) is 1.15. The van der Waals surface area contributed by atoms with Crippen molar-refractivity contribution < 1.29 is 4.74 Å². The molecule has 2 rings (SSSR count). The van der Waals surface area contributed by atoms with Crippen LogP contribution >= 0.6 is 27.5 Å². The van der Waals surface area contributed by atoms with Gasteiger partial charge in [0.05, 0.1) is 5.69 Å². The highest BCUT2D eigenvalue weighted by atomic mass is 79.9. The van der Waals surface area contributed by atoms with Gasteiger partial charge in [-0.2, -0.15) is 0 Å². The number of rotatable bonds is 2. The minimum absolute atomic E-state index is 0.336. The molecule has 0 aliphatic heterocycles. The zero-order chi connectivity index (χ0) is 11.5. The lowest BCUT2D eigenvalue weighted by atomic mass is 10.3. The summed E-state index contributed by atoms with van der Waals surface area (Å²) >= 11 is 9.24. The third-order valence-electron chi connectivity index (χ3n) is 1.90. The molecule has 0 saturated heterocycles. The summed E-state index contributed by atoms with van der Waals surface area (Å²) in [4.78, 5) is 4.06. The van der Waals surface area contributed by atoms with Crippen LogP contribution in [0.1, 0.15) is 0 Å². The van der Waals surface area contributed by atoms with E-state index < -0.39 is 0 Å². The maximum absolute atomic E-state index is 5.97. The molecule has 0 amide bonds. The van der Waals surface area contributed by atoms with Crippen molar-refractivity contribution in [3.05, 3.63) is 46.0 Å². The van der Waals surface area contributed by atoms with Gasteiger partial charge in [0, 0.05) is 10.7 Å². The molecule has 82 valence electrons. The van der Waals surface area contributed by atoms with E-state index in [4.69, 9.17) is 22.1 Å². The first-order valence-corrected chi connectivity index (χ1v) is 5.67. The van der Waals surface area contributed by atoms with Crippen LogP contribution < -0.4 is 10.5 Å². The lowest BCUT2D eigenvalue weighted by Crippen LogP contribution is -1.93. The number of nitrogens with zero attached hydrogens (tertiary/aromatic N) is 1. The molecule has 0 saturated carbocycles. The predicted molar refractivity (Wildman–Crippen MR) is 67.9 cm³/mol. The van der Waals surface area contributed by atoms with Crippen molar-refractivity contribution >= 4 is 33.2 Å². The van der Waals surface area contributed by atoms with Gasteiger partial charge in [0.25, 0.3) is 0 Å². The molecule has 1 aromatic heterocycles. The van der Waals surface area contributed by atoms with Crippen LogP contribution in [0.15, 0.2) is 41.0 Å². The van der Waals surface area contributed by atoms with Gasteiger partial charge in [-0.25, -0.2) is 4.98 Å². The number of para-hydroxylation sites is 2. The molecule has 1 aromatic carbocycles. The number of ether oxygens (including phenoxy) is 1. The van der Waals surface area contributed by atoms with Gasteiger partial charge in [0.1, 0.15) is 5.02 Å².